The Kier molecular flexibility index (Phi) is 3.40. The fourth-order valence-corrected chi connectivity index (χ4v) is 2.44. The minimum atomic E-state index is -3.88. The largest absolute Gasteiger partial charge is 0.475 e. The number of furan rings is 1. The van der Waals surface area contributed by atoms with E-state index in [1.165, 1.54) is 13.2 Å². The molecule has 0 fully saturated rings. The van der Waals surface area contributed by atoms with Gasteiger partial charge in [-0.2, -0.15) is 4.31 Å². The first-order chi connectivity index (χ1) is 8.91. The van der Waals surface area contributed by atoms with Crippen molar-refractivity contribution in [3.63, 3.8) is 0 Å². The Morgan fingerprint density at radius 1 is 1.53 bits per heavy atom. The molecular weight excluding hydrogens is 274 g/mol. The van der Waals surface area contributed by atoms with Gasteiger partial charge in [-0.3, -0.25) is 0 Å². The Hall–Kier alpha value is -2.13. The van der Waals surface area contributed by atoms with Crippen molar-refractivity contribution in [2.75, 3.05) is 7.05 Å². The molecule has 0 atom stereocenters. The van der Waals surface area contributed by atoms with Gasteiger partial charge < -0.3 is 14.5 Å². The number of hydrogen-bond donors (Lipinski definition) is 2. The predicted molar refractivity (Wildman–Crippen MR) is 62.9 cm³/mol. The normalized spacial score (nSPS) is 11.9. The van der Waals surface area contributed by atoms with Crippen molar-refractivity contribution in [2.24, 2.45) is 0 Å². The van der Waals surface area contributed by atoms with Crippen molar-refractivity contribution in [3.05, 3.63) is 36.1 Å². The van der Waals surface area contributed by atoms with Crippen LogP contribution in [0.15, 0.2) is 34.0 Å². The van der Waals surface area contributed by atoms with E-state index in [1.54, 1.807) is 6.20 Å². The lowest BCUT2D eigenvalue weighted by molar-refractivity contribution is 0.0656. The third-order valence-electron chi connectivity index (χ3n) is 2.38. The fourth-order valence-electron chi connectivity index (χ4n) is 1.41. The minimum Gasteiger partial charge on any atom is -0.475 e. The zero-order valence-corrected chi connectivity index (χ0v) is 10.7. The smallest absolute Gasteiger partial charge is 0.371 e. The maximum absolute atomic E-state index is 12.1. The van der Waals surface area contributed by atoms with Crippen molar-refractivity contribution in [1.29, 1.82) is 0 Å². The summed E-state index contributed by atoms with van der Waals surface area (Å²) < 4.78 is 30.0. The molecule has 2 aromatic rings. The van der Waals surface area contributed by atoms with Crippen LogP contribution in [0.4, 0.5) is 0 Å². The summed E-state index contributed by atoms with van der Waals surface area (Å²) >= 11 is 0. The van der Waals surface area contributed by atoms with Gasteiger partial charge in [0, 0.05) is 19.4 Å². The lowest BCUT2D eigenvalue weighted by atomic mass is 10.5. The molecule has 0 aromatic carbocycles. The van der Waals surface area contributed by atoms with Crippen molar-refractivity contribution >= 4 is 16.0 Å². The number of H-pyrrole nitrogens is 1. The predicted octanol–water partition coefficient (Wildman–Crippen LogP) is 0.522. The fraction of sp³-hybridized carbons (Fsp3) is 0.200. The van der Waals surface area contributed by atoms with Crippen LogP contribution in [0.5, 0.6) is 0 Å². The molecule has 0 radical (unpaired) electrons. The first-order valence-electron chi connectivity index (χ1n) is 5.19. The summed E-state index contributed by atoms with van der Waals surface area (Å²) in [6, 6.07) is 2.20. The van der Waals surface area contributed by atoms with Crippen LogP contribution in [0, 0.1) is 0 Å². The standard InChI is InChI=1S/C10H11N3O5S/c1-13(6-8-11-4-5-12-8)19(16,17)9-3-2-7(18-9)10(14)15/h2-5H,6H2,1H3,(H,11,12)(H,14,15). The molecule has 0 aliphatic carbocycles. The van der Waals surface area contributed by atoms with Gasteiger partial charge in [0.05, 0.1) is 6.54 Å². The first-order valence-corrected chi connectivity index (χ1v) is 6.63. The van der Waals surface area contributed by atoms with Gasteiger partial charge in [0.1, 0.15) is 5.82 Å². The number of carboxylic acid groups (broad SMARTS) is 1. The lowest BCUT2D eigenvalue weighted by Crippen LogP contribution is -2.26. The highest BCUT2D eigenvalue weighted by atomic mass is 32.2. The maximum atomic E-state index is 12.1. The summed E-state index contributed by atoms with van der Waals surface area (Å²) in [6.07, 6.45) is 3.08. The van der Waals surface area contributed by atoms with E-state index in [4.69, 9.17) is 9.52 Å². The highest BCUT2D eigenvalue weighted by Crippen LogP contribution is 2.18. The second-order valence-electron chi connectivity index (χ2n) is 3.72. The number of carboxylic acids is 1. The summed E-state index contributed by atoms with van der Waals surface area (Å²) in [4.78, 5) is 17.3. The Morgan fingerprint density at radius 3 is 2.79 bits per heavy atom. The third kappa shape index (κ3) is 2.66. The molecule has 0 saturated carbocycles. The second-order valence-corrected chi connectivity index (χ2v) is 5.70. The number of nitrogens with one attached hydrogen (secondary N) is 1. The molecule has 2 aromatic heterocycles. The van der Waals surface area contributed by atoms with Crippen molar-refractivity contribution in [1.82, 2.24) is 14.3 Å². The van der Waals surface area contributed by atoms with Gasteiger partial charge in [0.2, 0.25) is 10.9 Å². The summed E-state index contributed by atoms with van der Waals surface area (Å²) in [7, 11) is -2.54. The van der Waals surface area contributed by atoms with E-state index in [9.17, 15) is 13.2 Å². The number of aromatic nitrogens is 2. The molecule has 0 bridgehead atoms. The Balaban J connectivity index is 2.23. The zero-order chi connectivity index (χ0) is 14.0. The topological polar surface area (TPSA) is 116 Å². The average molecular weight is 285 g/mol. The summed E-state index contributed by atoms with van der Waals surface area (Å²) in [5.41, 5.74) is 0. The molecule has 8 nitrogen and oxygen atoms in total. The van der Waals surface area contributed by atoms with E-state index in [0.717, 1.165) is 16.4 Å². The van der Waals surface area contributed by atoms with Gasteiger partial charge in [-0.1, -0.05) is 0 Å². The Morgan fingerprint density at radius 2 is 2.26 bits per heavy atom. The van der Waals surface area contributed by atoms with E-state index in [1.807, 2.05) is 0 Å². The average Bonchev–Trinajstić information content (AvgIpc) is 2.99. The summed E-state index contributed by atoms with van der Waals surface area (Å²) in [5.74, 6) is -1.28. The quantitative estimate of drug-likeness (QED) is 0.827. The van der Waals surface area contributed by atoms with Crippen molar-refractivity contribution < 1.29 is 22.7 Å². The number of carbonyl (C=O) groups is 1. The van der Waals surface area contributed by atoms with E-state index in [0.29, 0.717) is 5.82 Å². The van der Waals surface area contributed by atoms with Gasteiger partial charge in [0.25, 0.3) is 10.0 Å². The SMILES string of the molecule is CN(Cc1ncc[nH]1)S(=O)(=O)c1ccc(C(=O)O)o1. The molecule has 2 rings (SSSR count). The van der Waals surface area contributed by atoms with E-state index < -0.39 is 26.8 Å². The molecule has 0 saturated heterocycles. The monoisotopic (exact) mass is 285 g/mol. The summed E-state index contributed by atoms with van der Waals surface area (Å²) in [6.45, 7) is 0.0262. The zero-order valence-electron chi connectivity index (χ0n) is 9.90. The van der Waals surface area contributed by atoms with Gasteiger partial charge >= 0.3 is 5.97 Å². The van der Waals surface area contributed by atoms with E-state index in [-0.39, 0.29) is 6.54 Å². The molecule has 0 aliphatic rings. The number of rotatable bonds is 5. The van der Waals surface area contributed by atoms with Crippen LogP contribution in [0.3, 0.4) is 0 Å². The van der Waals surface area contributed by atoms with Gasteiger partial charge in [0.15, 0.2) is 0 Å². The molecule has 9 heteroatoms. The Bertz CT molecular complexity index is 674. The third-order valence-corrected chi connectivity index (χ3v) is 4.06. The van der Waals surface area contributed by atoms with Gasteiger partial charge in [-0.05, 0) is 12.1 Å². The van der Waals surface area contributed by atoms with Crippen LogP contribution < -0.4 is 0 Å². The Labute approximate surface area is 108 Å². The number of aromatic amines is 1. The molecule has 0 amide bonds. The molecule has 0 aliphatic heterocycles. The number of hydrogen-bond acceptors (Lipinski definition) is 5. The molecule has 0 unspecified atom stereocenters. The van der Waals surface area contributed by atoms with Crippen molar-refractivity contribution in [2.45, 2.75) is 11.6 Å². The molecule has 2 N–H and O–H groups in total. The van der Waals surface area contributed by atoms with Crippen molar-refractivity contribution in [3.8, 4) is 0 Å². The second kappa shape index (κ2) is 4.86. The van der Waals surface area contributed by atoms with Crippen LogP contribution >= 0.6 is 0 Å². The number of sulfonamides is 1. The number of imidazole rings is 1. The lowest BCUT2D eigenvalue weighted by Gasteiger charge is -2.13. The maximum Gasteiger partial charge on any atom is 0.371 e. The van der Waals surface area contributed by atoms with Crippen LogP contribution in [0.1, 0.15) is 16.4 Å². The molecule has 2 heterocycles. The first kappa shape index (κ1) is 13.3. The highest BCUT2D eigenvalue weighted by molar-refractivity contribution is 7.88. The van der Waals surface area contributed by atoms with Crippen LogP contribution in [-0.2, 0) is 16.6 Å². The van der Waals surface area contributed by atoms with Gasteiger partial charge in [-0.15, -0.1) is 0 Å². The number of aromatic carboxylic acids is 1. The molecule has 102 valence electrons. The summed E-state index contributed by atoms with van der Waals surface area (Å²) in [5, 5.41) is 8.28. The highest BCUT2D eigenvalue weighted by Gasteiger charge is 2.26. The van der Waals surface area contributed by atoms with Gasteiger partial charge in [-0.25, -0.2) is 18.2 Å². The van der Waals surface area contributed by atoms with Crippen LogP contribution in [0.2, 0.25) is 0 Å². The number of nitrogens with zero attached hydrogens (tertiary/aromatic N) is 2. The van der Waals surface area contributed by atoms with Crippen LogP contribution in [0.25, 0.3) is 0 Å². The van der Waals surface area contributed by atoms with E-state index in [2.05, 4.69) is 9.97 Å². The molecular formula is C10H11N3O5S. The minimum absolute atomic E-state index is 0.0262. The molecule has 19 heavy (non-hydrogen) atoms. The van der Waals surface area contributed by atoms with Crippen LogP contribution in [-0.4, -0.2) is 40.8 Å². The molecule has 0 spiro atoms. The van der Waals surface area contributed by atoms with E-state index >= 15 is 0 Å².